The average Bonchev–Trinajstić information content (AvgIpc) is 2.78. The van der Waals surface area contributed by atoms with E-state index in [-0.39, 0.29) is 6.10 Å². The minimum atomic E-state index is -0.903. The lowest BCUT2D eigenvalue weighted by Crippen LogP contribution is -2.19. The van der Waals surface area contributed by atoms with Gasteiger partial charge in [0.1, 0.15) is 0 Å². The number of ether oxygens (including phenoxy) is 1. The quantitative estimate of drug-likeness (QED) is 0.840. The molecule has 2 N–H and O–H groups in total. The van der Waals surface area contributed by atoms with Gasteiger partial charge in [0.15, 0.2) is 0 Å². The van der Waals surface area contributed by atoms with Crippen LogP contribution in [0.5, 0.6) is 0 Å². The molecule has 4 heteroatoms. The lowest BCUT2D eigenvalue weighted by Gasteiger charge is -2.14. The number of benzene rings is 1. The van der Waals surface area contributed by atoms with Crippen LogP contribution in [0.1, 0.15) is 28.8 Å². The lowest BCUT2D eigenvalue weighted by atomic mass is 10.1. The van der Waals surface area contributed by atoms with Gasteiger partial charge < -0.3 is 15.2 Å². The van der Waals surface area contributed by atoms with Crippen molar-refractivity contribution in [3.8, 4) is 0 Å². The van der Waals surface area contributed by atoms with Gasteiger partial charge in [-0.25, -0.2) is 4.79 Å². The fourth-order valence-corrected chi connectivity index (χ4v) is 2.02. The largest absolute Gasteiger partial charge is 0.478 e. The summed E-state index contributed by atoms with van der Waals surface area (Å²) in [6, 6.07) is 5.30. The van der Waals surface area contributed by atoms with Crippen molar-refractivity contribution in [3.63, 3.8) is 0 Å². The molecule has 1 fully saturated rings. The smallest absolute Gasteiger partial charge is 0.337 e. The Kier molecular flexibility index (Phi) is 3.64. The predicted octanol–water partition coefficient (Wildman–Crippen LogP) is 2.28. The highest BCUT2D eigenvalue weighted by Gasteiger charge is 2.16. The van der Waals surface area contributed by atoms with Gasteiger partial charge >= 0.3 is 5.97 Å². The molecule has 0 saturated carbocycles. The second-order valence-corrected chi connectivity index (χ2v) is 4.37. The van der Waals surface area contributed by atoms with Gasteiger partial charge in [0.25, 0.3) is 0 Å². The van der Waals surface area contributed by atoms with Gasteiger partial charge in [0, 0.05) is 18.8 Å². The number of rotatable bonds is 4. The van der Waals surface area contributed by atoms with Crippen molar-refractivity contribution in [1.29, 1.82) is 0 Å². The molecule has 0 aromatic heterocycles. The maximum atomic E-state index is 11.1. The summed E-state index contributed by atoms with van der Waals surface area (Å²) in [5, 5.41) is 12.2. The molecule has 2 rings (SSSR count). The topological polar surface area (TPSA) is 58.6 Å². The molecule has 1 aliphatic heterocycles. The minimum Gasteiger partial charge on any atom is -0.478 e. The highest BCUT2D eigenvalue weighted by atomic mass is 16.5. The van der Waals surface area contributed by atoms with E-state index in [2.05, 4.69) is 5.32 Å². The molecule has 1 atom stereocenters. The van der Waals surface area contributed by atoms with Gasteiger partial charge in [0.2, 0.25) is 0 Å². The average molecular weight is 235 g/mol. The summed E-state index contributed by atoms with van der Waals surface area (Å²) in [6.07, 6.45) is 2.34. The van der Waals surface area contributed by atoms with Crippen molar-refractivity contribution in [1.82, 2.24) is 0 Å². The second kappa shape index (κ2) is 5.19. The van der Waals surface area contributed by atoms with Gasteiger partial charge in [-0.05, 0) is 37.5 Å². The van der Waals surface area contributed by atoms with Crippen molar-refractivity contribution in [3.05, 3.63) is 29.3 Å². The highest BCUT2D eigenvalue weighted by Crippen LogP contribution is 2.19. The van der Waals surface area contributed by atoms with Crippen molar-refractivity contribution < 1.29 is 14.6 Å². The second-order valence-electron chi connectivity index (χ2n) is 4.37. The van der Waals surface area contributed by atoms with E-state index in [1.54, 1.807) is 12.1 Å². The minimum absolute atomic E-state index is 0.206. The van der Waals surface area contributed by atoms with E-state index < -0.39 is 5.97 Å². The van der Waals surface area contributed by atoms with E-state index in [4.69, 9.17) is 9.84 Å². The van der Waals surface area contributed by atoms with Gasteiger partial charge in [-0.15, -0.1) is 0 Å². The van der Waals surface area contributed by atoms with Crippen molar-refractivity contribution in [2.24, 2.45) is 0 Å². The number of anilines is 1. The van der Waals surface area contributed by atoms with Crippen molar-refractivity contribution in [2.75, 3.05) is 18.5 Å². The molecule has 0 bridgehead atoms. The van der Waals surface area contributed by atoms with Crippen molar-refractivity contribution >= 4 is 11.7 Å². The molecule has 1 unspecified atom stereocenters. The Morgan fingerprint density at radius 3 is 3.06 bits per heavy atom. The van der Waals surface area contributed by atoms with E-state index in [0.717, 1.165) is 25.0 Å². The van der Waals surface area contributed by atoms with Crippen LogP contribution in [0.3, 0.4) is 0 Å². The molecule has 4 nitrogen and oxygen atoms in total. The molecule has 1 aromatic rings. The first-order valence-electron chi connectivity index (χ1n) is 5.86. The molecule has 0 radical (unpaired) electrons. The molecule has 1 heterocycles. The van der Waals surface area contributed by atoms with Crippen LogP contribution in [0.15, 0.2) is 18.2 Å². The predicted molar refractivity (Wildman–Crippen MR) is 65.6 cm³/mol. The first-order chi connectivity index (χ1) is 8.16. The first-order valence-corrected chi connectivity index (χ1v) is 5.86. The van der Waals surface area contributed by atoms with Crippen LogP contribution in [0, 0.1) is 6.92 Å². The summed E-state index contributed by atoms with van der Waals surface area (Å²) >= 11 is 0. The zero-order valence-corrected chi connectivity index (χ0v) is 9.90. The van der Waals surface area contributed by atoms with Crippen LogP contribution < -0.4 is 5.32 Å². The Morgan fingerprint density at radius 2 is 2.41 bits per heavy atom. The standard InChI is InChI=1S/C13H17NO3/c1-9-4-5-11(13(15)16)12(7-9)14-8-10-3-2-6-17-10/h4-5,7,10,14H,2-3,6,8H2,1H3,(H,15,16). The van der Waals surface area contributed by atoms with E-state index in [1.165, 1.54) is 0 Å². The van der Waals surface area contributed by atoms with Crippen molar-refractivity contribution in [2.45, 2.75) is 25.9 Å². The lowest BCUT2D eigenvalue weighted by molar-refractivity contribution is 0.0697. The SMILES string of the molecule is Cc1ccc(C(=O)O)c(NCC2CCCO2)c1. The summed E-state index contributed by atoms with van der Waals surface area (Å²) in [5.41, 5.74) is 2.03. The van der Waals surface area contributed by atoms with Gasteiger partial charge in [0.05, 0.1) is 11.7 Å². The Labute approximate surface area is 101 Å². The number of nitrogens with one attached hydrogen (secondary N) is 1. The molecular weight excluding hydrogens is 218 g/mol. The van der Waals surface area contributed by atoms with Crippen LogP contribution in [-0.4, -0.2) is 30.3 Å². The van der Waals surface area contributed by atoms with E-state index in [0.29, 0.717) is 17.8 Å². The zero-order chi connectivity index (χ0) is 12.3. The van der Waals surface area contributed by atoms with Crippen LogP contribution in [0.2, 0.25) is 0 Å². The molecule has 1 saturated heterocycles. The number of aromatic carboxylic acids is 1. The summed E-state index contributed by atoms with van der Waals surface area (Å²) in [4.78, 5) is 11.1. The molecule has 0 spiro atoms. The third kappa shape index (κ3) is 2.97. The molecule has 17 heavy (non-hydrogen) atoms. The fraction of sp³-hybridized carbons (Fsp3) is 0.462. The summed E-state index contributed by atoms with van der Waals surface area (Å²) in [5.74, 6) is -0.903. The maximum absolute atomic E-state index is 11.1. The number of hydrogen-bond acceptors (Lipinski definition) is 3. The molecule has 92 valence electrons. The van der Waals surface area contributed by atoms with E-state index >= 15 is 0 Å². The Morgan fingerprint density at radius 1 is 1.59 bits per heavy atom. The number of aryl methyl sites for hydroxylation is 1. The van der Waals surface area contributed by atoms with Gasteiger partial charge in [-0.3, -0.25) is 0 Å². The van der Waals surface area contributed by atoms with Crippen LogP contribution in [0.4, 0.5) is 5.69 Å². The summed E-state index contributed by atoms with van der Waals surface area (Å²) in [6.45, 7) is 3.43. The molecular formula is C13H17NO3. The monoisotopic (exact) mass is 235 g/mol. The Balaban J connectivity index is 2.07. The van der Waals surface area contributed by atoms with Gasteiger partial charge in [-0.2, -0.15) is 0 Å². The summed E-state index contributed by atoms with van der Waals surface area (Å²) < 4.78 is 5.50. The number of carbonyl (C=O) groups is 1. The molecule has 0 aliphatic carbocycles. The summed E-state index contributed by atoms with van der Waals surface area (Å²) in [7, 11) is 0. The maximum Gasteiger partial charge on any atom is 0.337 e. The van der Waals surface area contributed by atoms with Crippen LogP contribution >= 0.6 is 0 Å². The van der Waals surface area contributed by atoms with E-state index in [9.17, 15) is 4.79 Å². The number of hydrogen-bond donors (Lipinski definition) is 2. The first kappa shape index (κ1) is 11.9. The zero-order valence-electron chi connectivity index (χ0n) is 9.90. The number of carboxylic acid groups (broad SMARTS) is 1. The Hall–Kier alpha value is -1.55. The third-order valence-corrected chi connectivity index (χ3v) is 2.95. The molecule has 1 aliphatic rings. The molecule has 1 aromatic carbocycles. The van der Waals surface area contributed by atoms with E-state index in [1.807, 2.05) is 13.0 Å². The highest BCUT2D eigenvalue weighted by molar-refractivity contribution is 5.94. The van der Waals surface area contributed by atoms with Crippen LogP contribution in [0.25, 0.3) is 0 Å². The Bertz CT molecular complexity index is 411. The van der Waals surface area contributed by atoms with Gasteiger partial charge in [-0.1, -0.05) is 6.07 Å². The number of carboxylic acids is 1. The normalized spacial score (nSPS) is 19.2. The van der Waals surface area contributed by atoms with Crippen LogP contribution in [-0.2, 0) is 4.74 Å². The molecule has 0 amide bonds. The fourth-order valence-electron chi connectivity index (χ4n) is 2.02. The third-order valence-electron chi connectivity index (χ3n) is 2.95.